The zero-order chi connectivity index (χ0) is 25.4. The van der Waals surface area contributed by atoms with Crippen molar-refractivity contribution in [2.45, 2.75) is 19.9 Å². The Kier molecular flexibility index (Phi) is 10.2. The maximum atomic E-state index is 12.7. The van der Waals surface area contributed by atoms with Gasteiger partial charge in [0.1, 0.15) is 6.04 Å². The van der Waals surface area contributed by atoms with Crippen molar-refractivity contribution in [1.29, 1.82) is 0 Å². The Morgan fingerprint density at radius 1 is 1.18 bits per heavy atom. The molecule has 3 N–H and O–H groups in total. The second kappa shape index (κ2) is 12.6. The second-order valence-corrected chi connectivity index (χ2v) is 8.94. The monoisotopic (exact) mass is 573 g/mol. The normalized spacial score (nSPS) is 11.9. The number of carbonyl (C=O) groups excluding carboxylic acids is 2. The average molecular weight is 575 g/mol. The van der Waals surface area contributed by atoms with Gasteiger partial charge in [0.25, 0.3) is 11.8 Å². The van der Waals surface area contributed by atoms with E-state index in [0.717, 1.165) is 0 Å². The lowest BCUT2D eigenvalue weighted by molar-refractivity contribution is -0.139. The van der Waals surface area contributed by atoms with Crippen LogP contribution in [-0.2, 0) is 9.59 Å². The number of amides is 2. The number of nitrogens with one attached hydrogen (secondary N) is 2. The molecular formula is C22H22BrCl2N3O6. The van der Waals surface area contributed by atoms with Gasteiger partial charge in [0, 0.05) is 5.56 Å². The Balaban J connectivity index is 2.10. The molecule has 12 heteroatoms. The van der Waals surface area contributed by atoms with Crippen LogP contribution in [0.2, 0.25) is 10.0 Å². The van der Waals surface area contributed by atoms with Crippen molar-refractivity contribution < 1.29 is 29.0 Å². The molecule has 2 rings (SSSR count). The first kappa shape index (κ1) is 27.4. The van der Waals surface area contributed by atoms with Gasteiger partial charge in [-0.05, 0) is 57.7 Å². The Morgan fingerprint density at radius 2 is 1.88 bits per heavy atom. The number of carbonyl (C=O) groups is 3. The number of rotatable bonds is 10. The molecule has 0 aliphatic carbocycles. The van der Waals surface area contributed by atoms with E-state index in [4.69, 9.17) is 37.8 Å². The molecule has 0 saturated carbocycles. The topological polar surface area (TPSA) is 126 Å². The Morgan fingerprint density at radius 3 is 2.47 bits per heavy atom. The van der Waals surface area contributed by atoms with E-state index < -0.39 is 30.4 Å². The number of benzene rings is 2. The molecule has 1 atom stereocenters. The van der Waals surface area contributed by atoms with E-state index in [2.05, 4.69) is 31.8 Å². The summed E-state index contributed by atoms with van der Waals surface area (Å²) in [5, 5.41) is 16.0. The summed E-state index contributed by atoms with van der Waals surface area (Å²) < 4.78 is 10.9. The molecule has 0 saturated heterocycles. The minimum absolute atomic E-state index is 0.218. The molecule has 2 amide bonds. The van der Waals surface area contributed by atoms with E-state index in [9.17, 15) is 14.4 Å². The van der Waals surface area contributed by atoms with Crippen LogP contribution in [-0.4, -0.2) is 48.9 Å². The summed E-state index contributed by atoms with van der Waals surface area (Å²) in [5.74, 6) is -1.88. The lowest BCUT2D eigenvalue weighted by Gasteiger charge is -2.20. The summed E-state index contributed by atoms with van der Waals surface area (Å²) >= 11 is 15.1. The Hall–Kier alpha value is -2.82. The average Bonchev–Trinajstić information content (AvgIpc) is 2.77. The molecule has 0 heterocycles. The van der Waals surface area contributed by atoms with Crippen molar-refractivity contribution >= 4 is 63.1 Å². The maximum absolute atomic E-state index is 12.7. The van der Waals surface area contributed by atoms with Crippen LogP contribution in [0.5, 0.6) is 11.5 Å². The quantitative estimate of drug-likeness (QED) is 0.289. The standard InChI is InChI=1S/C22H22BrCl2N3O6/c1-11(2)19(27-21(31)13-4-5-15(24)16(25)8-13)22(32)28-26-9-12-6-14(23)20(17(7-12)33-3)34-10-18(29)30/h4-9,11,19H,10H2,1-3H3,(H,27,31)(H,28,32)(H,29,30)/b26-9+. The van der Waals surface area contributed by atoms with E-state index in [-0.39, 0.29) is 28.0 Å². The predicted molar refractivity (Wildman–Crippen MR) is 132 cm³/mol. The highest BCUT2D eigenvalue weighted by atomic mass is 79.9. The molecule has 9 nitrogen and oxygen atoms in total. The van der Waals surface area contributed by atoms with E-state index >= 15 is 0 Å². The first-order valence-electron chi connectivity index (χ1n) is 9.84. The first-order chi connectivity index (χ1) is 16.0. The molecule has 0 fully saturated rings. The van der Waals surface area contributed by atoms with Gasteiger partial charge in [-0.1, -0.05) is 37.0 Å². The van der Waals surface area contributed by atoms with Crippen LogP contribution in [0.15, 0.2) is 39.9 Å². The van der Waals surface area contributed by atoms with Gasteiger partial charge in [-0.15, -0.1) is 0 Å². The number of carboxylic acids is 1. The number of nitrogens with zero attached hydrogens (tertiary/aromatic N) is 1. The van der Waals surface area contributed by atoms with Crippen LogP contribution in [0.4, 0.5) is 0 Å². The van der Waals surface area contributed by atoms with E-state index in [0.29, 0.717) is 15.1 Å². The molecule has 2 aromatic rings. The summed E-state index contributed by atoms with van der Waals surface area (Å²) in [6, 6.07) is 6.73. The van der Waals surface area contributed by atoms with Gasteiger partial charge in [0.2, 0.25) is 0 Å². The number of aliphatic carboxylic acids is 1. The van der Waals surface area contributed by atoms with Crippen molar-refractivity contribution in [3.05, 3.63) is 56.0 Å². The van der Waals surface area contributed by atoms with Gasteiger partial charge in [-0.3, -0.25) is 9.59 Å². The number of hydrazone groups is 1. The summed E-state index contributed by atoms with van der Waals surface area (Å²) in [4.78, 5) is 36.0. The molecule has 0 radical (unpaired) electrons. The van der Waals surface area contributed by atoms with E-state index in [1.54, 1.807) is 26.0 Å². The first-order valence-corrected chi connectivity index (χ1v) is 11.4. The highest BCUT2D eigenvalue weighted by Gasteiger charge is 2.25. The molecular weight excluding hydrogens is 553 g/mol. The van der Waals surface area contributed by atoms with Crippen molar-refractivity contribution in [2.75, 3.05) is 13.7 Å². The minimum Gasteiger partial charge on any atom is -0.493 e. The molecule has 0 bridgehead atoms. The smallest absolute Gasteiger partial charge is 0.341 e. The fourth-order valence-corrected chi connectivity index (χ4v) is 3.60. The summed E-state index contributed by atoms with van der Waals surface area (Å²) in [6.07, 6.45) is 1.37. The minimum atomic E-state index is -1.13. The van der Waals surface area contributed by atoms with Gasteiger partial charge < -0.3 is 19.9 Å². The van der Waals surface area contributed by atoms with Gasteiger partial charge >= 0.3 is 5.97 Å². The van der Waals surface area contributed by atoms with Gasteiger partial charge in [-0.2, -0.15) is 5.10 Å². The van der Waals surface area contributed by atoms with Crippen LogP contribution in [0.3, 0.4) is 0 Å². The van der Waals surface area contributed by atoms with Crippen LogP contribution in [0.1, 0.15) is 29.8 Å². The number of ether oxygens (including phenoxy) is 2. The van der Waals surface area contributed by atoms with Gasteiger partial charge in [-0.25, -0.2) is 10.2 Å². The lowest BCUT2D eigenvalue weighted by atomic mass is 10.0. The molecule has 1 unspecified atom stereocenters. The predicted octanol–water partition coefficient (Wildman–Crippen LogP) is 4.13. The molecule has 34 heavy (non-hydrogen) atoms. The Labute approximate surface area is 214 Å². The SMILES string of the molecule is COc1cc(/C=N/NC(=O)C(NC(=O)c2ccc(Cl)c(Cl)c2)C(C)C)cc(Br)c1OCC(=O)O. The second-order valence-electron chi connectivity index (χ2n) is 7.27. The van der Waals surface area contributed by atoms with Crippen molar-refractivity contribution in [3.63, 3.8) is 0 Å². The zero-order valence-corrected chi connectivity index (χ0v) is 21.5. The number of halogens is 3. The Bertz CT molecular complexity index is 1110. The third-order valence-electron chi connectivity index (χ3n) is 4.40. The van der Waals surface area contributed by atoms with Crippen LogP contribution < -0.4 is 20.2 Å². The van der Waals surface area contributed by atoms with E-state index in [1.165, 1.54) is 31.5 Å². The highest BCUT2D eigenvalue weighted by molar-refractivity contribution is 9.10. The molecule has 2 aromatic carbocycles. The van der Waals surface area contributed by atoms with Gasteiger partial charge in [0.05, 0.1) is 27.8 Å². The third kappa shape index (κ3) is 7.61. The lowest BCUT2D eigenvalue weighted by Crippen LogP contribution is -2.48. The number of hydrogen-bond acceptors (Lipinski definition) is 6. The van der Waals surface area contributed by atoms with Gasteiger partial charge in [0.15, 0.2) is 18.1 Å². The molecule has 182 valence electrons. The molecule has 0 spiro atoms. The molecule has 0 aliphatic heterocycles. The number of carboxylic acid groups (broad SMARTS) is 1. The fourth-order valence-electron chi connectivity index (χ4n) is 2.73. The maximum Gasteiger partial charge on any atom is 0.341 e. The number of methoxy groups -OCH3 is 1. The summed E-state index contributed by atoms with van der Waals surface area (Å²) in [7, 11) is 1.40. The summed E-state index contributed by atoms with van der Waals surface area (Å²) in [6.45, 7) is 3.02. The zero-order valence-electron chi connectivity index (χ0n) is 18.4. The van der Waals surface area contributed by atoms with Crippen molar-refractivity contribution in [2.24, 2.45) is 11.0 Å². The third-order valence-corrected chi connectivity index (χ3v) is 5.73. The van der Waals surface area contributed by atoms with Crippen LogP contribution in [0, 0.1) is 5.92 Å². The number of hydrogen-bond donors (Lipinski definition) is 3. The fraction of sp³-hybridized carbons (Fsp3) is 0.273. The largest absolute Gasteiger partial charge is 0.493 e. The summed E-state index contributed by atoms with van der Waals surface area (Å²) in [5.41, 5.74) is 3.20. The highest BCUT2D eigenvalue weighted by Crippen LogP contribution is 2.36. The van der Waals surface area contributed by atoms with Crippen LogP contribution >= 0.6 is 39.1 Å². The van der Waals surface area contributed by atoms with Crippen LogP contribution in [0.25, 0.3) is 0 Å². The van der Waals surface area contributed by atoms with Crippen molar-refractivity contribution in [3.8, 4) is 11.5 Å². The van der Waals surface area contributed by atoms with Crippen molar-refractivity contribution in [1.82, 2.24) is 10.7 Å². The molecule has 0 aromatic heterocycles. The van der Waals surface area contributed by atoms with E-state index in [1.807, 2.05) is 0 Å². The molecule has 0 aliphatic rings.